The molecule has 3 rings (SSSR count). The number of benzene rings is 1. The van der Waals surface area contributed by atoms with Crippen LogP contribution in [0.25, 0.3) is 11.4 Å². The first-order chi connectivity index (χ1) is 12.7. The minimum Gasteiger partial charge on any atom is -0.396 e. The van der Waals surface area contributed by atoms with E-state index in [0.29, 0.717) is 36.3 Å². The summed E-state index contributed by atoms with van der Waals surface area (Å²) in [5, 5.41) is 16.1. The van der Waals surface area contributed by atoms with Crippen LogP contribution in [0.15, 0.2) is 54.7 Å². The largest absolute Gasteiger partial charge is 0.396 e. The molecule has 0 saturated carbocycles. The van der Waals surface area contributed by atoms with Crippen LogP contribution in [-0.4, -0.2) is 33.2 Å². The van der Waals surface area contributed by atoms with Gasteiger partial charge in [0.15, 0.2) is 0 Å². The molecular weight excluding hydrogens is 350 g/mol. The molecule has 0 spiro atoms. The van der Waals surface area contributed by atoms with Crippen molar-refractivity contribution in [2.75, 3.05) is 23.8 Å². The van der Waals surface area contributed by atoms with Crippen LogP contribution in [-0.2, 0) is 6.54 Å². The molecule has 0 aliphatic heterocycles. The van der Waals surface area contributed by atoms with E-state index in [2.05, 4.69) is 25.6 Å². The number of aromatic nitrogens is 3. The Morgan fingerprint density at radius 3 is 2.54 bits per heavy atom. The van der Waals surface area contributed by atoms with Gasteiger partial charge in [0.1, 0.15) is 5.82 Å². The van der Waals surface area contributed by atoms with Crippen molar-refractivity contribution < 1.29 is 5.11 Å². The monoisotopic (exact) mass is 369 g/mol. The molecule has 7 heteroatoms. The fourth-order valence-electron chi connectivity index (χ4n) is 2.34. The Labute approximate surface area is 157 Å². The summed E-state index contributed by atoms with van der Waals surface area (Å²) in [6, 6.07) is 15.2. The smallest absolute Gasteiger partial charge is 0.225 e. The van der Waals surface area contributed by atoms with Crippen LogP contribution in [0.5, 0.6) is 0 Å². The van der Waals surface area contributed by atoms with Gasteiger partial charge in [-0.05, 0) is 36.2 Å². The second-order valence-corrected chi connectivity index (χ2v) is 6.10. The molecule has 0 aliphatic carbocycles. The predicted octanol–water partition coefficient (Wildman–Crippen LogP) is 3.60. The van der Waals surface area contributed by atoms with Crippen LogP contribution in [0.3, 0.4) is 0 Å². The molecule has 134 valence electrons. The van der Waals surface area contributed by atoms with E-state index in [0.717, 1.165) is 17.0 Å². The van der Waals surface area contributed by atoms with Gasteiger partial charge in [-0.1, -0.05) is 29.8 Å². The van der Waals surface area contributed by atoms with Crippen LogP contribution in [0.1, 0.15) is 12.0 Å². The highest BCUT2D eigenvalue weighted by Crippen LogP contribution is 2.20. The van der Waals surface area contributed by atoms with Gasteiger partial charge in [-0.3, -0.25) is 4.98 Å². The zero-order chi connectivity index (χ0) is 18.2. The molecule has 3 aromatic rings. The molecule has 0 fully saturated rings. The maximum atomic E-state index is 8.95. The van der Waals surface area contributed by atoms with Crippen molar-refractivity contribution in [3.8, 4) is 11.4 Å². The molecule has 6 nitrogen and oxygen atoms in total. The second kappa shape index (κ2) is 9.12. The minimum atomic E-state index is 0.120. The van der Waals surface area contributed by atoms with E-state index in [9.17, 15) is 0 Å². The highest BCUT2D eigenvalue weighted by molar-refractivity contribution is 6.30. The number of hydrogen-bond donors (Lipinski definition) is 3. The van der Waals surface area contributed by atoms with Crippen molar-refractivity contribution in [3.63, 3.8) is 0 Å². The zero-order valence-electron chi connectivity index (χ0n) is 14.2. The lowest BCUT2D eigenvalue weighted by atomic mass is 10.2. The SMILES string of the molecule is OCCCNc1nc(NCc2ccc(Cl)cc2)cc(-c2ccccn2)n1. The fraction of sp³-hybridized carbons (Fsp3) is 0.211. The first-order valence-corrected chi connectivity index (χ1v) is 8.76. The Hall–Kier alpha value is -2.70. The van der Waals surface area contributed by atoms with Gasteiger partial charge in [0.2, 0.25) is 5.95 Å². The van der Waals surface area contributed by atoms with Crippen molar-refractivity contribution in [1.29, 1.82) is 0 Å². The Kier molecular flexibility index (Phi) is 6.35. The molecule has 3 N–H and O–H groups in total. The zero-order valence-corrected chi connectivity index (χ0v) is 14.9. The third-order valence-corrected chi connectivity index (χ3v) is 3.91. The molecule has 0 aliphatic rings. The normalized spacial score (nSPS) is 10.5. The van der Waals surface area contributed by atoms with E-state index < -0.39 is 0 Å². The van der Waals surface area contributed by atoms with E-state index in [1.54, 1.807) is 6.20 Å². The van der Waals surface area contributed by atoms with Crippen LogP contribution in [0.2, 0.25) is 5.02 Å². The Balaban J connectivity index is 1.80. The second-order valence-electron chi connectivity index (χ2n) is 5.66. The highest BCUT2D eigenvalue weighted by atomic mass is 35.5. The molecule has 26 heavy (non-hydrogen) atoms. The van der Waals surface area contributed by atoms with Gasteiger partial charge in [-0.2, -0.15) is 4.98 Å². The van der Waals surface area contributed by atoms with Crippen LogP contribution < -0.4 is 10.6 Å². The van der Waals surface area contributed by atoms with Crippen LogP contribution in [0, 0.1) is 0 Å². The highest BCUT2D eigenvalue weighted by Gasteiger charge is 2.08. The summed E-state index contributed by atoms with van der Waals surface area (Å²) in [5.41, 5.74) is 2.60. The number of anilines is 2. The van der Waals surface area contributed by atoms with Crippen LogP contribution >= 0.6 is 11.6 Å². The molecule has 1 aromatic carbocycles. The lowest BCUT2D eigenvalue weighted by molar-refractivity contribution is 0.292. The summed E-state index contributed by atoms with van der Waals surface area (Å²) in [6.45, 7) is 1.33. The lowest BCUT2D eigenvalue weighted by Crippen LogP contribution is -2.10. The van der Waals surface area contributed by atoms with E-state index in [1.165, 1.54) is 0 Å². The van der Waals surface area contributed by atoms with Gasteiger partial charge in [0, 0.05) is 37.0 Å². The van der Waals surface area contributed by atoms with Gasteiger partial charge in [0.05, 0.1) is 11.4 Å². The third kappa shape index (κ3) is 5.15. The van der Waals surface area contributed by atoms with E-state index >= 15 is 0 Å². The van der Waals surface area contributed by atoms with Crippen molar-refractivity contribution in [2.45, 2.75) is 13.0 Å². The number of nitrogens with one attached hydrogen (secondary N) is 2. The van der Waals surface area contributed by atoms with Crippen molar-refractivity contribution >= 4 is 23.4 Å². The number of aliphatic hydroxyl groups is 1. The molecule has 0 saturated heterocycles. The molecule has 2 heterocycles. The topological polar surface area (TPSA) is 83.0 Å². The molecule has 0 atom stereocenters. The average molecular weight is 370 g/mol. The maximum absolute atomic E-state index is 8.95. The van der Waals surface area contributed by atoms with E-state index in [4.69, 9.17) is 16.7 Å². The standard InChI is InChI=1S/C19H20ClN5O/c20-15-7-5-14(6-8-15)13-23-18-12-17(16-4-1-2-9-21-16)24-19(25-18)22-10-3-11-26/h1-2,4-9,12,26H,3,10-11,13H2,(H2,22,23,24,25). The quantitative estimate of drug-likeness (QED) is 0.526. The van der Waals surface area contributed by atoms with Gasteiger partial charge >= 0.3 is 0 Å². The Morgan fingerprint density at radius 2 is 1.81 bits per heavy atom. The lowest BCUT2D eigenvalue weighted by Gasteiger charge is -2.11. The molecule has 0 radical (unpaired) electrons. The Morgan fingerprint density at radius 1 is 0.962 bits per heavy atom. The van der Waals surface area contributed by atoms with E-state index in [-0.39, 0.29) is 6.61 Å². The third-order valence-electron chi connectivity index (χ3n) is 3.66. The summed E-state index contributed by atoms with van der Waals surface area (Å²) in [4.78, 5) is 13.4. The molecule has 0 bridgehead atoms. The van der Waals surface area contributed by atoms with Gasteiger partial charge in [-0.25, -0.2) is 4.98 Å². The summed E-state index contributed by atoms with van der Waals surface area (Å²) in [7, 11) is 0. The molecule has 0 unspecified atom stereocenters. The van der Waals surface area contributed by atoms with Crippen LogP contribution in [0.4, 0.5) is 11.8 Å². The fourth-order valence-corrected chi connectivity index (χ4v) is 2.46. The molecule has 0 amide bonds. The summed E-state index contributed by atoms with van der Waals surface area (Å²) >= 11 is 5.92. The van der Waals surface area contributed by atoms with Gasteiger partial charge in [-0.15, -0.1) is 0 Å². The predicted molar refractivity (Wildman–Crippen MR) is 104 cm³/mol. The van der Waals surface area contributed by atoms with E-state index in [1.807, 2.05) is 48.5 Å². The Bertz CT molecular complexity index is 827. The number of rotatable bonds is 8. The summed E-state index contributed by atoms with van der Waals surface area (Å²) in [6.07, 6.45) is 2.36. The first kappa shape index (κ1) is 18.1. The first-order valence-electron chi connectivity index (χ1n) is 8.38. The molecule has 2 aromatic heterocycles. The minimum absolute atomic E-state index is 0.120. The van der Waals surface area contributed by atoms with Crippen molar-refractivity contribution in [1.82, 2.24) is 15.0 Å². The molecular formula is C19H20ClN5O. The van der Waals surface area contributed by atoms with Gasteiger partial charge in [0.25, 0.3) is 0 Å². The summed E-state index contributed by atoms with van der Waals surface area (Å²) < 4.78 is 0. The number of aliphatic hydroxyl groups excluding tert-OH is 1. The average Bonchev–Trinajstić information content (AvgIpc) is 2.68. The number of halogens is 1. The number of pyridine rings is 1. The number of nitrogens with zero attached hydrogens (tertiary/aromatic N) is 3. The van der Waals surface area contributed by atoms with Gasteiger partial charge < -0.3 is 15.7 Å². The summed E-state index contributed by atoms with van der Waals surface area (Å²) in [5.74, 6) is 1.20. The van der Waals surface area contributed by atoms with Crippen molar-refractivity contribution in [2.24, 2.45) is 0 Å². The number of hydrogen-bond acceptors (Lipinski definition) is 6. The van der Waals surface area contributed by atoms with Crippen molar-refractivity contribution in [3.05, 3.63) is 65.3 Å². The maximum Gasteiger partial charge on any atom is 0.225 e.